The number of hydrogen-bond acceptors (Lipinski definition) is 3. The molecule has 3 fully saturated rings. The van der Waals surface area contributed by atoms with E-state index >= 15 is 0 Å². The highest BCUT2D eigenvalue weighted by Gasteiger charge is 2.44. The molecule has 2 aromatic carbocycles. The van der Waals surface area contributed by atoms with Gasteiger partial charge in [0.1, 0.15) is 0 Å². The van der Waals surface area contributed by atoms with Crippen molar-refractivity contribution in [3.63, 3.8) is 0 Å². The van der Waals surface area contributed by atoms with Gasteiger partial charge in [-0.25, -0.2) is 0 Å². The highest BCUT2D eigenvalue weighted by molar-refractivity contribution is 6.30. The molecule has 4 nitrogen and oxygen atoms in total. The van der Waals surface area contributed by atoms with Crippen LogP contribution in [0, 0.1) is 11.8 Å². The van der Waals surface area contributed by atoms with Crippen molar-refractivity contribution in [3.8, 4) is 0 Å². The van der Waals surface area contributed by atoms with Crippen LogP contribution < -0.4 is 10.6 Å². The molecule has 5 rings (SSSR count). The number of alkyl halides is 3. The van der Waals surface area contributed by atoms with Crippen LogP contribution in [0.3, 0.4) is 0 Å². The molecule has 1 amide bonds. The van der Waals surface area contributed by atoms with Gasteiger partial charge in [-0.3, -0.25) is 9.69 Å². The molecule has 9 heteroatoms. The first-order valence-electron chi connectivity index (χ1n) is 13.5. The topological polar surface area (TPSA) is 44.4 Å². The van der Waals surface area contributed by atoms with Gasteiger partial charge in [0.2, 0.25) is 5.91 Å². The highest BCUT2D eigenvalue weighted by Crippen LogP contribution is 2.45. The maximum Gasteiger partial charge on any atom is 0.401 e. The van der Waals surface area contributed by atoms with Crippen LogP contribution in [0.15, 0.2) is 48.5 Å². The molecular weight excluding hydrogens is 534 g/mol. The molecule has 0 aromatic heterocycles. The second kappa shape index (κ2) is 11.7. The first-order valence-corrected chi connectivity index (χ1v) is 14.3. The molecule has 2 aliphatic heterocycles. The Morgan fingerprint density at radius 1 is 0.921 bits per heavy atom. The fraction of sp³-hybridized carbons (Fsp3) is 0.552. The largest absolute Gasteiger partial charge is 0.401 e. The Kier molecular flexibility index (Phi) is 8.58. The molecule has 4 unspecified atom stereocenters. The van der Waals surface area contributed by atoms with Crippen LogP contribution in [-0.4, -0.2) is 54.7 Å². The van der Waals surface area contributed by atoms with Crippen molar-refractivity contribution in [2.45, 2.75) is 68.7 Å². The van der Waals surface area contributed by atoms with Crippen LogP contribution in [0.4, 0.5) is 13.2 Å². The number of fused-ring (bicyclic) bond motifs is 1. The fourth-order valence-corrected chi connectivity index (χ4v) is 7.11. The lowest BCUT2D eigenvalue weighted by atomic mass is 9.65. The summed E-state index contributed by atoms with van der Waals surface area (Å²) in [6.45, 7) is -0.0151. The standard InChI is InChI=1S/C29H34Cl2F3N3O/c30-21-6-1-18(2-7-21)28(19-3-8-22(31)9-4-19)20-5-10-25-24(15-20)26(16-27(38)36-25)35-23-11-13-37(14-12-23)17-29(32,33)34/h1-4,6-9,20,23-26,28,35H,5,10-17H2,(H,36,38). The average molecular weight is 569 g/mol. The Labute approximate surface area is 232 Å². The number of piperidine rings is 2. The van der Waals surface area contributed by atoms with E-state index in [9.17, 15) is 18.0 Å². The summed E-state index contributed by atoms with van der Waals surface area (Å²) >= 11 is 12.4. The number of nitrogens with zero attached hydrogens (tertiary/aromatic N) is 1. The number of rotatable bonds is 6. The van der Waals surface area contributed by atoms with E-state index in [4.69, 9.17) is 23.2 Å². The Balaban J connectivity index is 1.32. The zero-order chi connectivity index (χ0) is 26.9. The van der Waals surface area contributed by atoms with Crippen molar-refractivity contribution in [1.29, 1.82) is 0 Å². The summed E-state index contributed by atoms with van der Waals surface area (Å²) < 4.78 is 38.4. The third-order valence-electron chi connectivity index (χ3n) is 8.58. The second-order valence-electron chi connectivity index (χ2n) is 11.1. The Bertz CT molecular complexity index is 1040. The molecule has 2 saturated heterocycles. The minimum atomic E-state index is -4.17. The first-order chi connectivity index (χ1) is 18.1. The monoisotopic (exact) mass is 567 g/mol. The van der Waals surface area contributed by atoms with Gasteiger partial charge in [-0.05, 0) is 92.4 Å². The second-order valence-corrected chi connectivity index (χ2v) is 12.0. The number of halogens is 5. The lowest BCUT2D eigenvalue weighted by Crippen LogP contribution is -2.60. The van der Waals surface area contributed by atoms with Crippen LogP contribution in [0.2, 0.25) is 10.0 Å². The van der Waals surface area contributed by atoms with Crippen molar-refractivity contribution in [2.75, 3.05) is 19.6 Å². The van der Waals surface area contributed by atoms with Crippen LogP contribution in [0.5, 0.6) is 0 Å². The van der Waals surface area contributed by atoms with Crippen molar-refractivity contribution < 1.29 is 18.0 Å². The molecule has 0 radical (unpaired) electrons. The Hall–Kier alpha value is -1.80. The van der Waals surface area contributed by atoms with E-state index in [1.54, 1.807) is 0 Å². The van der Waals surface area contributed by atoms with Crippen LogP contribution in [-0.2, 0) is 4.79 Å². The van der Waals surface area contributed by atoms with Gasteiger partial charge in [-0.1, -0.05) is 47.5 Å². The summed E-state index contributed by atoms with van der Waals surface area (Å²) in [6, 6.07) is 16.4. The highest BCUT2D eigenvalue weighted by atomic mass is 35.5. The maximum absolute atomic E-state index is 12.8. The smallest absolute Gasteiger partial charge is 0.353 e. The number of benzene rings is 2. The third kappa shape index (κ3) is 6.85. The van der Waals surface area contributed by atoms with Crippen molar-refractivity contribution in [1.82, 2.24) is 15.5 Å². The summed E-state index contributed by atoms with van der Waals surface area (Å²) in [5, 5.41) is 8.35. The Morgan fingerprint density at radius 2 is 1.50 bits per heavy atom. The van der Waals surface area contributed by atoms with Crippen LogP contribution in [0.1, 0.15) is 55.6 Å². The van der Waals surface area contributed by atoms with E-state index in [-0.39, 0.29) is 35.9 Å². The van der Waals surface area contributed by atoms with Crippen molar-refractivity contribution >= 4 is 29.1 Å². The Morgan fingerprint density at radius 3 is 2.05 bits per heavy atom. The van der Waals surface area contributed by atoms with Gasteiger partial charge in [-0.2, -0.15) is 13.2 Å². The minimum absolute atomic E-state index is 0.0202. The molecule has 206 valence electrons. The number of carbonyl (C=O) groups excluding carboxylic acids is 1. The van der Waals surface area contributed by atoms with E-state index in [1.165, 1.54) is 16.0 Å². The lowest BCUT2D eigenvalue weighted by molar-refractivity contribution is -0.148. The van der Waals surface area contributed by atoms with Gasteiger partial charge in [0, 0.05) is 40.5 Å². The van der Waals surface area contributed by atoms with Gasteiger partial charge in [0.05, 0.1) is 6.54 Å². The third-order valence-corrected chi connectivity index (χ3v) is 9.08. The number of hydrogen-bond donors (Lipinski definition) is 2. The summed E-state index contributed by atoms with van der Waals surface area (Å²) in [5.74, 6) is 0.867. The molecule has 1 saturated carbocycles. The number of nitrogens with one attached hydrogen (secondary N) is 2. The zero-order valence-corrected chi connectivity index (χ0v) is 22.7. The maximum atomic E-state index is 12.8. The van der Waals surface area contributed by atoms with Crippen molar-refractivity contribution in [3.05, 3.63) is 69.7 Å². The van der Waals surface area contributed by atoms with Crippen molar-refractivity contribution in [2.24, 2.45) is 11.8 Å². The minimum Gasteiger partial charge on any atom is -0.353 e. The summed E-state index contributed by atoms with van der Waals surface area (Å²) in [7, 11) is 0. The van der Waals surface area contributed by atoms with Gasteiger partial charge in [-0.15, -0.1) is 0 Å². The van der Waals surface area contributed by atoms with E-state index in [0.717, 1.165) is 19.3 Å². The molecular formula is C29H34Cl2F3N3O. The summed E-state index contributed by atoms with van der Waals surface area (Å²) in [5.41, 5.74) is 2.42. The summed E-state index contributed by atoms with van der Waals surface area (Å²) in [4.78, 5) is 14.1. The zero-order valence-electron chi connectivity index (χ0n) is 21.2. The SMILES string of the molecule is O=C1CC(NC2CCN(CC(F)(F)F)CC2)C2CC(C(c3ccc(Cl)cc3)c3ccc(Cl)cc3)CCC2N1. The molecule has 3 aliphatic rings. The van der Waals surface area contributed by atoms with Crippen LogP contribution in [0.25, 0.3) is 0 Å². The van der Waals surface area contributed by atoms with E-state index in [1.807, 2.05) is 24.3 Å². The predicted octanol–water partition coefficient (Wildman–Crippen LogP) is 6.42. The molecule has 38 heavy (non-hydrogen) atoms. The molecule has 0 spiro atoms. The van der Waals surface area contributed by atoms with Gasteiger partial charge < -0.3 is 10.6 Å². The number of likely N-dealkylation sites (tertiary alicyclic amines) is 1. The van der Waals surface area contributed by atoms with Gasteiger partial charge >= 0.3 is 6.18 Å². The molecule has 1 aliphatic carbocycles. The van der Waals surface area contributed by atoms with Gasteiger partial charge in [0.25, 0.3) is 0 Å². The molecule has 2 aromatic rings. The number of amides is 1. The quantitative estimate of drug-likeness (QED) is 0.423. The normalized spacial score (nSPS) is 27.3. The lowest BCUT2D eigenvalue weighted by Gasteiger charge is -2.47. The summed E-state index contributed by atoms with van der Waals surface area (Å²) in [6.07, 6.45) is 0.396. The van der Waals surface area contributed by atoms with E-state index in [0.29, 0.717) is 48.3 Å². The van der Waals surface area contributed by atoms with E-state index < -0.39 is 12.7 Å². The molecule has 2 heterocycles. The van der Waals surface area contributed by atoms with Crippen LogP contribution >= 0.6 is 23.2 Å². The molecule has 0 bridgehead atoms. The average Bonchev–Trinajstić information content (AvgIpc) is 2.87. The number of carbonyl (C=O) groups is 1. The first kappa shape index (κ1) is 27.8. The fourth-order valence-electron chi connectivity index (χ4n) is 6.86. The molecule has 2 N–H and O–H groups in total. The van der Waals surface area contributed by atoms with Gasteiger partial charge in [0.15, 0.2) is 0 Å². The van der Waals surface area contributed by atoms with E-state index in [2.05, 4.69) is 34.9 Å². The predicted molar refractivity (Wildman–Crippen MR) is 145 cm³/mol. The molecule has 4 atom stereocenters.